The smallest absolute Gasteiger partial charge is 0.122 e. The fourth-order valence-electron chi connectivity index (χ4n) is 2.83. The number of hydrogen-bond donors (Lipinski definition) is 0. The highest BCUT2D eigenvalue weighted by atomic mass is 79.9. The van der Waals surface area contributed by atoms with Crippen molar-refractivity contribution in [3.05, 3.63) is 82.3 Å². The predicted molar refractivity (Wildman–Crippen MR) is 105 cm³/mol. The van der Waals surface area contributed by atoms with Crippen molar-refractivity contribution in [1.82, 2.24) is 0 Å². The third kappa shape index (κ3) is 3.31. The molecule has 0 aliphatic rings. The fraction of sp³-hybridized carbons (Fsp3) is 0.143. The van der Waals surface area contributed by atoms with Gasteiger partial charge in [-0.2, -0.15) is 0 Å². The highest BCUT2D eigenvalue weighted by molar-refractivity contribution is 9.10. The van der Waals surface area contributed by atoms with Gasteiger partial charge >= 0.3 is 0 Å². The summed E-state index contributed by atoms with van der Waals surface area (Å²) in [6.07, 6.45) is 0. The summed E-state index contributed by atoms with van der Waals surface area (Å²) < 4.78 is 6.45. The predicted octanol–water partition coefficient (Wildman–Crippen LogP) is 6.54. The molecule has 0 aliphatic carbocycles. The molecule has 0 spiro atoms. The average Bonchev–Trinajstić information content (AvgIpc) is 2.58. The Labute approximate surface area is 151 Å². The SMILES string of the molecule is COc1cc(Br)cc(N(c2ccccc2C)c2ccccc2C)c1. The molecule has 0 aromatic heterocycles. The summed E-state index contributed by atoms with van der Waals surface area (Å²) in [7, 11) is 1.69. The lowest BCUT2D eigenvalue weighted by Gasteiger charge is -2.28. The molecular weight excluding hydrogens is 362 g/mol. The highest BCUT2D eigenvalue weighted by Gasteiger charge is 2.17. The lowest BCUT2D eigenvalue weighted by atomic mass is 10.1. The van der Waals surface area contributed by atoms with E-state index in [1.807, 2.05) is 6.07 Å². The van der Waals surface area contributed by atoms with Crippen molar-refractivity contribution >= 4 is 33.0 Å². The maximum absolute atomic E-state index is 5.46. The standard InChI is InChI=1S/C21H20BrNO/c1-15-8-4-6-10-20(15)23(21-11-7-5-9-16(21)2)18-12-17(22)13-19(14-18)24-3/h4-14H,1-3H3. The zero-order chi connectivity index (χ0) is 17.1. The van der Waals surface area contributed by atoms with Gasteiger partial charge in [0, 0.05) is 21.9 Å². The quantitative estimate of drug-likeness (QED) is 0.508. The van der Waals surface area contributed by atoms with Gasteiger partial charge in [0.2, 0.25) is 0 Å². The second kappa shape index (κ2) is 7.10. The van der Waals surface area contributed by atoms with Crippen LogP contribution in [0.1, 0.15) is 11.1 Å². The molecule has 0 fully saturated rings. The number of methoxy groups -OCH3 is 1. The Hall–Kier alpha value is -2.26. The highest BCUT2D eigenvalue weighted by Crippen LogP contribution is 2.40. The molecule has 0 radical (unpaired) electrons. The van der Waals surface area contributed by atoms with Crippen molar-refractivity contribution in [3.63, 3.8) is 0 Å². The van der Waals surface area contributed by atoms with E-state index in [1.165, 1.54) is 11.1 Å². The van der Waals surface area contributed by atoms with Crippen LogP contribution in [0.5, 0.6) is 5.75 Å². The zero-order valence-corrected chi connectivity index (χ0v) is 15.7. The van der Waals surface area contributed by atoms with Crippen LogP contribution in [0, 0.1) is 13.8 Å². The summed E-state index contributed by atoms with van der Waals surface area (Å²) >= 11 is 3.60. The number of anilines is 3. The van der Waals surface area contributed by atoms with E-state index < -0.39 is 0 Å². The van der Waals surface area contributed by atoms with Gasteiger partial charge in [0.1, 0.15) is 5.75 Å². The number of para-hydroxylation sites is 2. The molecular formula is C21H20BrNO. The fourth-order valence-corrected chi connectivity index (χ4v) is 3.29. The van der Waals surface area contributed by atoms with E-state index in [0.717, 1.165) is 27.3 Å². The second-order valence-electron chi connectivity index (χ2n) is 5.76. The third-order valence-electron chi connectivity index (χ3n) is 4.06. The summed E-state index contributed by atoms with van der Waals surface area (Å²) in [5.41, 5.74) is 5.82. The van der Waals surface area contributed by atoms with Gasteiger partial charge in [-0.05, 0) is 49.2 Å². The van der Waals surface area contributed by atoms with Crippen molar-refractivity contribution in [2.75, 3.05) is 12.0 Å². The number of nitrogens with zero attached hydrogens (tertiary/aromatic N) is 1. The maximum Gasteiger partial charge on any atom is 0.122 e. The van der Waals surface area contributed by atoms with E-state index in [9.17, 15) is 0 Å². The van der Waals surface area contributed by atoms with Gasteiger partial charge in [-0.25, -0.2) is 0 Å². The first-order valence-corrected chi connectivity index (χ1v) is 8.65. The minimum absolute atomic E-state index is 0.826. The molecule has 0 aliphatic heterocycles. The van der Waals surface area contributed by atoms with Crippen LogP contribution in [0.3, 0.4) is 0 Å². The molecule has 3 aromatic carbocycles. The Kier molecular flexibility index (Phi) is 4.91. The summed E-state index contributed by atoms with van der Waals surface area (Å²) in [6.45, 7) is 4.27. The van der Waals surface area contributed by atoms with Crippen LogP contribution in [0.4, 0.5) is 17.1 Å². The van der Waals surface area contributed by atoms with E-state index in [2.05, 4.69) is 95.3 Å². The minimum Gasteiger partial charge on any atom is -0.497 e. The topological polar surface area (TPSA) is 12.5 Å². The first-order chi connectivity index (χ1) is 11.6. The molecule has 0 bridgehead atoms. The van der Waals surface area contributed by atoms with Crippen LogP contribution in [-0.4, -0.2) is 7.11 Å². The molecule has 0 atom stereocenters. The molecule has 0 saturated heterocycles. The molecule has 0 saturated carbocycles. The van der Waals surface area contributed by atoms with Crippen LogP contribution in [0.2, 0.25) is 0 Å². The number of ether oxygens (including phenoxy) is 1. The Balaban J connectivity index is 2.26. The molecule has 0 N–H and O–H groups in total. The monoisotopic (exact) mass is 381 g/mol. The number of halogens is 1. The lowest BCUT2D eigenvalue weighted by molar-refractivity contribution is 0.414. The molecule has 24 heavy (non-hydrogen) atoms. The van der Waals surface area contributed by atoms with Crippen LogP contribution < -0.4 is 9.64 Å². The van der Waals surface area contributed by atoms with Crippen LogP contribution in [-0.2, 0) is 0 Å². The van der Waals surface area contributed by atoms with Crippen molar-refractivity contribution < 1.29 is 4.74 Å². The van der Waals surface area contributed by atoms with E-state index in [1.54, 1.807) is 7.11 Å². The Morgan fingerprint density at radius 3 is 1.83 bits per heavy atom. The van der Waals surface area contributed by atoms with E-state index in [4.69, 9.17) is 4.74 Å². The largest absolute Gasteiger partial charge is 0.497 e. The Bertz CT molecular complexity index is 814. The van der Waals surface area contributed by atoms with Crippen molar-refractivity contribution in [3.8, 4) is 5.75 Å². The summed E-state index contributed by atoms with van der Waals surface area (Å²) in [5.74, 6) is 0.826. The van der Waals surface area contributed by atoms with Gasteiger partial charge in [0.05, 0.1) is 12.8 Å². The minimum atomic E-state index is 0.826. The molecule has 3 rings (SSSR count). The lowest BCUT2D eigenvalue weighted by Crippen LogP contribution is -2.12. The van der Waals surface area contributed by atoms with Gasteiger partial charge in [0.15, 0.2) is 0 Å². The number of benzene rings is 3. The van der Waals surface area contributed by atoms with Gasteiger partial charge in [0.25, 0.3) is 0 Å². The van der Waals surface area contributed by atoms with Crippen molar-refractivity contribution in [2.24, 2.45) is 0 Å². The van der Waals surface area contributed by atoms with Crippen molar-refractivity contribution in [1.29, 1.82) is 0 Å². The summed E-state index contributed by atoms with van der Waals surface area (Å²) in [4.78, 5) is 2.28. The van der Waals surface area contributed by atoms with Crippen LogP contribution >= 0.6 is 15.9 Å². The van der Waals surface area contributed by atoms with Gasteiger partial charge in [-0.3, -0.25) is 0 Å². The number of aryl methyl sites for hydroxylation is 2. The molecule has 122 valence electrons. The van der Waals surface area contributed by atoms with Crippen LogP contribution in [0.15, 0.2) is 71.2 Å². The maximum atomic E-state index is 5.46. The first kappa shape index (κ1) is 16.6. The average molecular weight is 382 g/mol. The van der Waals surface area contributed by atoms with Crippen molar-refractivity contribution in [2.45, 2.75) is 13.8 Å². The molecule has 3 aromatic rings. The Morgan fingerprint density at radius 1 is 0.792 bits per heavy atom. The van der Waals surface area contributed by atoms with Crippen LogP contribution in [0.25, 0.3) is 0 Å². The zero-order valence-electron chi connectivity index (χ0n) is 14.1. The normalized spacial score (nSPS) is 10.5. The van der Waals surface area contributed by atoms with Gasteiger partial charge < -0.3 is 9.64 Å². The first-order valence-electron chi connectivity index (χ1n) is 7.86. The van der Waals surface area contributed by atoms with Gasteiger partial charge in [-0.15, -0.1) is 0 Å². The molecule has 0 heterocycles. The third-order valence-corrected chi connectivity index (χ3v) is 4.52. The number of hydrogen-bond acceptors (Lipinski definition) is 2. The van der Waals surface area contributed by atoms with E-state index >= 15 is 0 Å². The second-order valence-corrected chi connectivity index (χ2v) is 6.67. The Morgan fingerprint density at radius 2 is 1.33 bits per heavy atom. The van der Waals surface area contributed by atoms with E-state index in [0.29, 0.717) is 0 Å². The molecule has 0 unspecified atom stereocenters. The molecule has 3 heteroatoms. The summed E-state index contributed by atoms with van der Waals surface area (Å²) in [6, 6.07) is 23.0. The number of rotatable bonds is 4. The summed E-state index contributed by atoms with van der Waals surface area (Å²) in [5, 5.41) is 0. The molecule has 0 amide bonds. The van der Waals surface area contributed by atoms with Gasteiger partial charge in [-0.1, -0.05) is 52.3 Å². The molecule has 2 nitrogen and oxygen atoms in total. The van der Waals surface area contributed by atoms with E-state index in [-0.39, 0.29) is 0 Å².